The van der Waals surface area contributed by atoms with Crippen molar-refractivity contribution in [2.45, 2.75) is 6.42 Å². The predicted molar refractivity (Wildman–Crippen MR) is 71.1 cm³/mol. The molecule has 1 aliphatic heterocycles. The third-order valence-electron chi connectivity index (χ3n) is 3.22. The van der Waals surface area contributed by atoms with Crippen LogP contribution in [0.4, 0.5) is 0 Å². The Hall–Kier alpha value is -0.580. The highest BCUT2D eigenvalue weighted by Crippen LogP contribution is 2.26. The van der Waals surface area contributed by atoms with E-state index < -0.39 is 0 Å². The van der Waals surface area contributed by atoms with E-state index in [4.69, 9.17) is 15.2 Å². The maximum absolute atomic E-state index is 5.82. The van der Waals surface area contributed by atoms with Gasteiger partial charge < -0.3 is 15.2 Å². The summed E-state index contributed by atoms with van der Waals surface area (Å²) in [6.07, 6.45) is 1.10. The number of halogens is 1. The molecular weight excluding hydrogens is 282 g/mol. The summed E-state index contributed by atoms with van der Waals surface area (Å²) in [7, 11) is 0. The number of benzene rings is 1. The van der Waals surface area contributed by atoms with Crippen molar-refractivity contribution in [3.8, 4) is 5.75 Å². The Morgan fingerprint density at radius 3 is 2.94 bits per heavy atom. The van der Waals surface area contributed by atoms with Crippen molar-refractivity contribution in [2.75, 3.05) is 26.4 Å². The average molecular weight is 300 g/mol. The van der Waals surface area contributed by atoms with E-state index in [0.29, 0.717) is 25.0 Å². The molecule has 2 unspecified atom stereocenters. The van der Waals surface area contributed by atoms with E-state index in [1.165, 1.54) is 0 Å². The molecular formula is C13H18BrNO2. The molecule has 4 heteroatoms. The highest BCUT2D eigenvalue weighted by atomic mass is 79.9. The first kappa shape index (κ1) is 12.9. The van der Waals surface area contributed by atoms with Crippen molar-refractivity contribution in [1.82, 2.24) is 0 Å². The quantitative estimate of drug-likeness (QED) is 0.908. The summed E-state index contributed by atoms with van der Waals surface area (Å²) >= 11 is 3.47. The summed E-state index contributed by atoms with van der Waals surface area (Å²) in [5, 5.41) is 0. The molecule has 0 spiro atoms. The lowest BCUT2D eigenvalue weighted by Crippen LogP contribution is -2.29. The van der Waals surface area contributed by atoms with Gasteiger partial charge in [0.1, 0.15) is 5.75 Å². The van der Waals surface area contributed by atoms with Crippen molar-refractivity contribution in [3.05, 3.63) is 28.7 Å². The van der Waals surface area contributed by atoms with Gasteiger partial charge in [-0.25, -0.2) is 0 Å². The molecule has 3 nitrogen and oxygen atoms in total. The third kappa shape index (κ3) is 3.44. The summed E-state index contributed by atoms with van der Waals surface area (Å²) in [4.78, 5) is 0. The zero-order chi connectivity index (χ0) is 12.1. The minimum Gasteiger partial charge on any atom is -0.492 e. The lowest BCUT2D eigenvalue weighted by Gasteiger charge is -2.21. The van der Waals surface area contributed by atoms with Gasteiger partial charge in [0.05, 0.1) is 11.1 Å². The topological polar surface area (TPSA) is 44.5 Å². The van der Waals surface area contributed by atoms with E-state index in [9.17, 15) is 0 Å². The highest BCUT2D eigenvalue weighted by molar-refractivity contribution is 9.10. The Bertz CT molecular complexity index is 353. The Morgan fingerprint density at radius 1 is 1.47 bits per heavy atom. The van der Waals surface area contributed by atoms with Crippen LogP contribution in [0.3, 0.4) is 0 Å². The average Bonchev–Trinajstić information content (AvgIpc) is 2.86. The second-order valence-electron chi connectivity index (χ2n) is 4.36. The Morgan fingerprint density at radius 2 is 2.29 bits per heavy atom. The zero-order valence-electron chi connectivity index (χ0n) is 9.77. The molecule has 0 aromatic heterocycles. The molecule has 1 heterocycles. The minimum atomic E-state index is 0.379. The zero-order valence-corrected chi connectivity index (χ0v) is 11.4. The van der Waals surface area contributed by atoms with Crippen LogP contribution >= 0.6 is 15.9 Å². The Labute approximate surface area is 110 Å². The second-order valence-corrected chi connectivity index (χ2v) is 5.22. The van der Waals surface area contributed by atoms with Crippen LogP contribution in [0.2, 0.25) is 0 Å². The number of rotatable bonds is 5. The van der Waals surface area contributed by atoms with Crippen molar-refractivity contribution < 1.29 is 9.47 Å². The van der Waals surface area contributed by atoms with Gasteiger partial charge in [-0.05, 0) is 46.9 Å². The molecule has 1 aliphatic rings. The van der Waals surface area contributed by atoms with E-state index in [1.54, 1.807) is 0 Å². The monoisotopic (exact) mass is 299 g/mol. The van der Waals surface area contributed by atoms with Gasteiger partial charge in [0.25, 0.3) is 0 Å². The van der Waals surface area contributed by atoms with Gasteiger partial charge in [0.2, 0.25) is 0 Å². The van der Waals surface area contributed by atoms with Crippen LogP contribution in [-0.2, 0) is 4.74 Å². The molecule has 0 aliphatic carbocycles. The van der Waals surface area contributed by atoms with E-state index in [2.05, 4.69) is 15.9 Å². The molecule has 2 rings (SSSR count). The molecule has 0 bridgehead atoms. The Kier molecular flexibility index (Phi) is 4.83. The van der Waals surface area contributed by atoms with Crippen LogP contribution < -0.4 is 10.5 Å². The van der Waals surface area contributed by atoms with E-state index in [-0.39, 0.29) is 0 Å². The fourth-order valence-electron chi connectivity index (χ4n) is 2.08. The molecule has 2 N–H and O–H groups in total. The lowest BCUT2D eigenvalue weighted by molar-refractivity contribution is 0.150. The van der Waals surface area contributed by atoms with Gasteiger partial charge in [0.15, 0.2) is 0 Å². The van der Waals surface area contributed by atoms with E-state index in [0.717, 1.165) is 29.9 Å². The molecule has 17 heavy (non-hydrogen) atoms. The van der Waals surface area contributed by atoms with Gasteiger partial charge in [0, 0.05) is 19.1 Å². The van der Waals surface area contributed by atoms with Crippen LogP contribution in [-0.4, -0.2) is 26.4 Å². The minimum absolute atomic E-state index is 0.379. The summed E-state index contributed by atoms with van der Waals surface area (Å²) in [5.41, 5.74) is 5.81. The maximum atomic E-state index is 5.82. The van der Waals surface area contributed by atoms with Crippen LogP contribution in [0.15, 0.2) is 28.7 Å². The molecule has 0 saturated carbocycles. The molecule has 94 valence electrons. The normalized spacial score (nSPS) is 21.4. The van der Waals surface area contributed by atoms with Crippen molar-refractivity contribution in [2.24, 2.45) is 17.6 Å². The SMILES string of the molecule is NCC(COc1ccccc1Br)C1CCOC1. The maximum Gasteiger partial charge on any atom is 0.133 e. The van der Waals surface area contributed by atoms with Gasteiger partial charge in [-0.2, -0.15) is 0 Å². The molecule has 1 fully saturated rings. The second kappa shape index (κ2) is 6.38. The molecule has 1 aromatic rings. The number of para-hydroxylation sites is 1. The van der Waals surface area contributed by atoms with Gasteiger partial charge in [-0.3, -0.25) is 0 Å². The first-order valence-corrected chi connectivity index (χ1v) is 6.75. The number of hydrogen-bond acceptors (Lipinski definition) is 3. The van der Waals surface area contributed by atoms with Crippen LogP contribution in [0, 0.1) is 11.8 Å². The lowest BCUT2D eigenvalue weighted by atomic mass is 9.92. The summed E-state index contributed by atoms with van der Waals surface area (Å²) in [6.45, 7) is 2.99. The molecule has 0 amide bonds. The third-order valence-corrected chi connectivity index (χ3v) is 3.88. The fourth-order valence-corrected chi connectivity index (χ4v) is 2.48. The van der Waals surface area contributed by atoms with Crippen LogP contribution in [0.25, 0.3) is 0 Å². The first-order chi connectivity index (χ1) is 8.31. The number of hydrogen-bond donors (Lipinski definition) is 1. The standard InChI is InChI=1S/C13H18BrNO2/c14-12-3-1-2-4-13(12)17-9-11(7-15)10-5-6-16-8-10/h1-4,10-11H,5-9,15H2. The summed E-state index contributed by atoms with van der Waals surface area (Å²) in [5.74, 6) is 1.80. The van der Waals surface area contributed by atoms with Crippen LogP contribution in [0.5, 0.6) is 5.75 Å². The van der Waals surface area contributed by atoms with Gasteiger partial charge in [-0.1, -0.05) is 12.1 Å². The van der Waals surface area contributed by atoms with Crippen molar-refractivity contribution >= 4 is 15.9 Å². The first-order valence-electron chi connectivity index (χ1n) is 5.96. The largest absolute Gasteiger partial charge is 0.492 e. The van der Waals surface area contributed by atoms with Gasteiger partial charge in [-0.15, -0.1) is 0 Å². The smallest absolute Gasteiger partial charge is 0.133 e. The van der Waals surface area contributed by atoms with Crippen LogP contribution in [0.1, 0.15) is 6.42 Å². The number of ether oxygens (including phenoxy) is 2. The highest BCUT2D eigenvalue weighted by Gasteiger charge is 2.25. The molecule has 0 radical (unpaired) electrons. The summed E-state index contributed by atoms with van der Waals surface area (Å²) in [6, 6.07) is 7.88. The molecule has 1 aromatic carbocycles. The van der Waals surface area contributed by atoms with E-state index >= 15 is 0 Å². The van der Waals surface area contributed by atoms with Crippen molar-refractivity contribution in [1.29, 1.82) is 0 Å². The molecule has 1 saturated heterocycles. The van der Waals surface area contributed by atoms with Gasteiger partial charge >= 0.3 is 0 Å². The molecule has 2 atom stereocenters. The number of nitrogens with two attached hydrogens (primary N) is 1. The Balaban J connectivity index is 1.89. The fraction of sp³-hybridized carbons (Fsp3) is 0.538. The summed E-state index contributed by atoms with van der Waals surface area (Å²) < 4.78 is 12.2. The van der Waals surface area contributed by atoms with E-state index in [1.807, 2.05) is 24.3 Å². The van der Waals surface area contributed by atoms with Crippen molar-refractivity contribution in [3.63, 3.8) is 0 Å². The predicted octanol–water partition coefficient (Wildman–Crippen LogP) is 2.44.